The van der Waals surface area contributed by atoms with Crippen molar-refractivity contribution in [3.05, 3.63) is 17.3 Å². The molecule has 3 N–H and O–H groups in total. The van der Waals surface area contributed by atoms with Crippen molar-refractivity contribution in [2.45, 2.75) is 19.8 Å². The Morgan fingerprint density at radius 1 is 1.53 bits per heavy atom. The van der Waals surface area contributed by atoms with Crippen LogP contribution >= 0.6 is 0 Å². The smallest absolute Gasteiger partial charge is 0.273 e. The third kappa shape index (κ3) is 2.80. The minimum absolute atomic E-state index is 0.160. The summed E-state index contributed by atoms with van der Waals surface area (Å²) in [5.41, 5.74) is 5.23. The second-order valence-corrected chi connectivity index (χ2v) is 3.06. The van der Waals surface area contributed by atoms with E-state index in [1.807, 2.05) is 0 Å². The Labute approximate surface area is 86.8 Å². The van der Waals surface area contributed by atoms with E-state index in [1.165, 1.54) is 7.05 Å². The lowest BCUT2D eigenvalue weighted by molar-refractivity contribution is -0.118. The number of amides is 2. The van der Waals surface area contributed by atoms with Crippen molar-refractivity contribution in [2.24, 2.45) is 5.73 Å². The SMILES string of the molecule is CNC(=O)c1nc(CCC(N)=O)oc1C. The standard InChI is InChI=1S/C9H13N3O3/c1-5-8(9(14)11-2)12-7(15-5)4-3-6(10)13/h3-4H2,1-2H3,(H2,10,13)(H,11,14). The van der Waals surface area contributed by atoms with Crippen LogP contribution < -0.4 is 11.1 Å². The number of nitrogens with two attached hydrogens (primary N) is 1. The molecule has 1 aromatic heterocycles. The zero-order chi connectivity index (χ0) is 11.4. The van der Waals surface area contributed by atoms with Crippen LogP contribution in [0.3, 0.4) is 0 Å². The van der Waals surface area contributed by atoms with E-state index in [9.17, 15) is 9.59 Å². The molecule has 1 aromatic rings. The van der Waals surface area contributed by atoms with Gasteiger partial charge in [0.25, 0.3) is 5.91 Å². The topological polar surface area (TPSA) is 98.2 Å². The van der Waals surface area contributed by atoms with Crippen LogP contribution in [0.1, 0.15) is 28.6 Å². The summed E-state index contributed by atoms with van der Waals surface area (Å²) in [4.78, 5) is 25.8. The first kappa shape index (κ1) is 11.2. The highest BCUT2D eigenvalue weighted by Gasteiger charge is 2.15. The summed E-state index contributed by atoms with van der Waals surface area (Å²) in [5, 5.41) is 2.45. The predicted molar refractivity (Wildman–Crippen MR) is 52.1 cm³/mol. The minimum Gasteiger partial charge on any atom is -0.445 e. The summed E-state index contributed by atoms with van der Waals surface area (Å²) >= 11 is 0. The molecule has 6 heteroatoms. The summed E-state index contributed by atoms with van der Waals surface area (Å²) in [6, 6.07) is 0. The summed E-state index contributed by atoms with van der Waals surface area (Å²) in [7, 11) is 1.51. The lowest BCUT2D eigenvalue weighted by atomic mass is 10.3. The van der Waals surface area contributed by atoms with Gasteiger partial charge in [0.05, 0.1) is 0 Å². The lowest BCUT2D eigenvalue weighted by Crippen LogP contribution is -2.19. The number of hydrogen-bond donors (Lipinski definition) is 2. The Morgan fingerprint density at radius 2 is 2.20 bits per heavy atom. The van der Waals surface area contributed by atoms with Gasteiger partial charge in [0.1, 0.15) is 5.76 Å². The van der Waals surface area contributed by atoms with Crippen molar-refractivity contribution in [1.29, 1.82) is 0 Å². The molecular weight excluding hydrogens is 198 g/mol. The molecule has 6 nitrogen and oxygen atoms in total. The maximum atomic E-state index is 11.3. The van der Waals surface area contributed by atoms with Crippen LogP contribution in [0.15, 0.2) is 4.42 Å². The molecule has 0 saturated carbocycles. The molecule has 1 rings (SSSR count). The van der Waals surface area contributed by atoms with E-state index < -0.39 is 5.91 Å². The van der Waals surface area contributed by atoms with Crippen LogP contribution in [0.25, 0.3) is 0 Å². The van der Waals surface area contributed by atoms with Crippen LogP contribution in [0.2, 0.25) is 0 Å². The molecule has 0 saturated heterocycles. The van der Waals surface area contributed by atoms with Gasteiger partial charge in [-0.3, -0.25) is 9.59 Å². The summed E-state index contributed by atoms with van der Waals surface area (Å²) in [6.45, 7) is 1.64. The zero-order valence-corrected chi connectivity index (χ0v) is 8.66. The number of aromatic nitrogens is 1. The molecule has 0 atom stereocenters. The number of carbonyl (C=O) groups is 2. The van der Waals surface area contributed by atoms with Crippen molar-refractivity contribution >= 4 is 11.8 Å². The summed E-state index contributed by atoms with van der Waals surface area (Å²) < 4.78 is 5.21. The average molecular weight is 211 g/mol. The molecular formula is C9H13N3O3. The van der Waals surface area contributed by atoms with Crippen LogP contribution in [0.4, 0.5) is 0 Å². The fourth-order valence-electron chi connectivity index (χ4n) is 1.12. The van der Waals surface area contributed by atoms with E-state index >= 15 is 0 Å². The number of oxazole rings is 1. The van der Waals surface area contributed by atoms with Gasteiger partial charge in [-0.15, -0.1) is 0 Å². The molecule has 0 aliphatic rings. The van der Waals surface area contributed by atoms with Gasteiger partial charge >= 0.3 is 0 Å². The minimum atomic E-state index is -0.424. The molecule has 0 spiro atoms. The van der Waals surface area contributed by atoms with E-state index in [-0.39, 0.29) is 18.0 Å². The van der Waals surface area contributed by atoms with Gasteiger partial charge in [-0.25, -0.2) is 4.98 Å². The summed E-state index contributed by atoms with van der Waals surface area (Å²) in [6.07, 6.45) is 0.473. The first-order valence-electron chi connectivity index (χ1n) is 4.51. The Morgan fingerprint density at radius 3 is 2.73 bits per heavy atom. The summed E-state index contributed by atoms with van der Waals surface area (Å²) in [5.74, 6) is 0.0626. The number of hydrogen-bond acceptors (Lipinski definition) is 4. The number of nitrogens with zero attached hydrogens (tertiary/aromatic N) is 1. The normalized spacial score (nSPS) is 10.0. The molecule has 0 radical (unpaired) electrons. The van der Waals surface area contributed by atoms with E-state index in [1.54, 1.807) is 6.92 Å². The van der Waals surface area contributed by atoms with E-state index in [0.29, 0.717) is 18.1 Å². The number of carbonyl (C=O) groups excluding carboxylic acids is 2. The Bertz CT molecular complexity index is 384. The highest BCUT2D eigenvalue weighted by atomic mass is 16.4. The molecule has 2 amide bonds. The Kier molecular flexibility index (Phi) is 3.43. The van der Waals surface area contributed by atoms with Gasteiger partial charge in [-0.05, 0) is 6.92 Å². The largest absolute Gasteiger partial charge is 0.445 e. The third-order valence-corrected chi connectivity index (χ3v) is 1.87. The molecule has 82 valence electrons. The van der Waals surface area contributed by atoms with Crippen molar-refractivity contribution in [2.75, 3.05) is 7.05 Å². The molecule has 0 aliphatic carbocycles. The van der Waals surface area contributed by atoms with E-state index in [2.05, 4.69) is 10.3 Å². The first-order valence-corrected chi connectivity index (χ1v) is 4.51. The molecule has 0 unspecified atom stereocenters. The molecule has 1 heterocycles. The molecule has 0 fully saturated rings. The molecule has 0 aliphatic heterocycles. The predicted octanol–water partition coefficient (Wildman–Crippen LogP) is -0.239. The Balaban J connectivity index is 2.76. The van der Waals surface area contributed by atoms with Crippen molar-refractivity contribution < 1.29 is 14.0 Å². The monoisotopic (exact) mass is 211 g/mol. The number of primary amides is 1. The van der Waals surface area contributed by atoms with Gasteiger partial charge in [0.2, 0.25) is 5.91 Å². The van der Waals surface area contributed by atoms with Crippen molar-refractivity contribution in [3.63, 3.8) is 0 Å². The molecule has 15 heavy (non-hydrogen) atoms. The van der Waals surface area contributed by atoms with Gasteiger partial charge < -0.3 is 15.5 Å². The van der Waals surface area contributed by atoms with Crippen LogP contribution in [0.5, 0.6) is 0 Å². The zero-order valence-electron chi connectivity index (χ0n) is 8.66. The van der Waals surface area contributed by atoms with Crippen molar-refractivity contribution in [1.82, 2.24) is 10.3 Å². The number of nitrogens with one attached hydrogen (secondary N) is 1. The van der Waals surface area contributed by atoms with Gasteiger partial charge in [0.15, 0.2) is 11.6 Å². The fraction of sp³-hybridized carbons (Fsp3) is 0.444. The van der Waals surface area contributed by atoms with Crippen LogP contribution in [-0.4, -0.2) is 23.8 Å². The second kappa shape index (κ2) is 4.59. The maximum absolute atomic E-state index is 11.3. The van der Waals surface area contributed by atoms with Gasteiger partial charge in [-0.2, -0.15) is 0 Å². The highest BCUT2D eigenvalue weighted by Crippen LogP contribution is 2.11. The molecule has 0 aromatic carbocycles. The number of rotatable bonds is 4. The molecule has 0 bridgehead atoms. The first-order chi connectivity index (χ1) is 7.04. The lowest BCUT2D eigenvalue weighted by Gasteiger charge is -1.92. The van der Waals surface area contributed by atoms with E-state index in [0.717, 1.165) is 0 Å². The van der Waals surface area contributed by atoms with Crippen molar-refractivity contribution in [3.8, 4) is 0 Å². The van der Waals surface area contributed by atoms with Gasteiger partial charge in [0, 0.05) is 19.9 Å². The number of aryl methyl sites for hydroxylation is 2. The second-order valence-electron chi connectivity index (χ2n) is 3.06. The van der Waals surface area contributed by atoms with Crippen LogP contribution in [0, 0.1) is 6.92 Å². The quantitative estimate of drug-likeness (QED) is 0.718. The highest BCUT2D eigenvalue weighted by molar-refractivity contribution is 5.92. The fourth-order valence-corrected chi connectivity index (χ4v) is 1.12. The third-order valence-electron chi connectivity index (χ3n) is 1.87. The Hall–Kier alpha value is -1.85. The van der Waals surface area contributed by atoms with Gasteiger partial charge in [-0.1, -0.05) is 0 Å². The average Bonchev–Trinajstić information content (AvgIpc) is 2.55. The maximum Gasteiger partial charge on any atom is 0.273 e. The van der Waals surface area contributed by atoms with E-state index in [4.69, 9.17) is 10.2 Å². The van der Waals surface area contributed by atoms with Crippen LogP contribution in [-0.2, 0) is 11.2 Å².